The van der Waals surface area contributed by atoms with Crippen LogP contribution in [0.5, 0.6) is 11.5 Å². The normalized spacial score (nSPS) is 11.4. The minimum Gasteiger partial charge on any atom is -0.497 e. The summed E-state index contributed by atoms with van der Waals surface area (Å²) in [6.45, 7) is -0.0389. The molecule has 0 heterocycles. The van der Waals surface area contributed by atoms with Gasteiger partial charge in [-0.15, -0.1) is 0 Å². The maximum absolute atomic E-state index is 13.4. The molecule has 0 aliphatic carbocycles. The zero-order valence-corrected chi connectivity index (χ0v) is 19.4. The summed E-state index contributed by atoms with van der Waals surface area (Å²) in [5.74, 6) is 0.496. The summed E-state index contributed by atoms with van der Waals surface area (Å²) >= 11 is 6.17. The molecule has 0 bridgehead atoms. The molecule has 0 saturated heterocycles. The summed E-state index contributed by atoms with van der Waals surface area (Å²) in [5, 5.41) is 3.11. The van der Waals surface area contributed by atoms with Crippen molar-refractivity contribution in [2.75, 3.05) is 20.8 Å². The molecule has 7 heteroatoms. The number of carbonyl (C=O) groups is 2. The van der Waals surface area contributed by atoms with Gasteiger partial charge in [-0.05, 0) is 35.4 Å². The van der Waals surface area contributed by atoms with Crippen molar-refractivity contribution in [3.05, 3.63) is 95.0 Å². The number of amides is 2. The number of nitrogens with one attached hydrogen (secondary N) is 1. The van der Waals surface area contributed by atoms with Crippen molar-refractivity contribution in [2.45, 2.75) is 19.0 Å². The number of rotatable bonds is 10. The minimum atomic E-state index is -0.731. The van der Waals surface area contributed by atoms with Gasteiger partial charge < -0.3 is 19.7 Å². The quantitative estimate of drug-likeness (QED) is 0.488. The third-order valence-electron chi connectivity index (χ3n) is 5.19. The van der Waals surface area contributed by atoms with Crippen LogP contribution in [0.3, 0.4) is 0 Å². The van der Waals surface area contributed by atoms with Gasteiger partial charge in [0.2, 0.25) is 5.91 Å². The van der Waals surface area contributed by atoms with E-state index in [2.05, 4.69) is 5.32 Å². The first-order valence-corrected chi connectivity index (χ1v) is 10.9. The Hall–Kier alpha value is -3.51. The summed E-state index contributed by atoms with van der Waals surface area (Å²) in [4.78, 5) is 27.8. The fourth-order valence-electron chi connectivity index (χ4n) is 3.47. The van der Waals surface area contributed by atoms with Crippen molar-refractivity contribution in [3.63, 3.8) is 0 Å². The van der Waals surface area contributed by atoms with Crippen molar-refractivity contribution >= 4 is 23.4 Å². The van der Waals surface area contributed by atoms with E-state index in [1.165, 1.54) is 4.90 Å². The number of hydrogen-bond donors (Lipinski definition) is 1. The molecule has 1 N–H and O–H groups in total. The molecule has 2 amide bonds. The first-order chi connectivity index (χ1) is 16.0. The summed E-state index contributed by atoms with van der Waals surface area (Å²) < 4.78 is 11.0. The average Bonchev–Trinajstić information content (AvgIpc) is 2.85. The van der Waals surface area contributed by atoms with Gasteiger partial charge in [-0.25, -0.2) is 0 Å². The van der Waals surface area contributed by atoms with Gasteiger partial charge in [0.05, 0.1) is 12.1 Å². The standard InChI is InChI=1S/C26H27ClN2O4/c1-28-26(31)23(16-19-9-4-3-5-10-19)29(17-20-11-8-12-21(15-20)32-2)25(30)18-33-24-14-7-6-13-22(24)27/h3-15,23H,16-18H2,1-2H3,(H,28,31)/t23-/m1/s1. The maximum Gasteiger partial charge on any atom is 0.261 e. The van der Waals surface area contributed by atoms with Crippen LogP contribution in [0.15, 0.2) is 78.9 Å². The summed E-state index contributed by atoms with van der Waals surface area (Å²) in [5.41, 5.74) is 1.78. The molecule has 33 heavy (non-hydrogen) atoms. The molecular weight excluding hydrogens is 440 g/mol. The van der Waals surface area contributed by atoms with E-state index in [0.29, 0.717) is 22.9 Å². The lowest BCUT2D eigenvalue weighted by Gasteiger charge is -2.31. The Morgan fingerprint density at radius 1 is 0.970 bits per heavy atom. The van der Waals surface area contributed by atoms with Gasteiger partial charge in [-0.1, -0.05) is 66.2 Å². The van der Waals surface area contributed by atoms with E-state index in [4.69, 9.17) is 21.1 Å². The van der Waals surface area contributed by atoms with Crippen molar-refractivity contribution in [2.24, 2.45) is 0 Å². The molecule has 0 fully saturated rings. The number of likely N-dealkylation sites (N-methyl/N-ethyl adjacent to an activating group) is 1. The Morgan fingerprint density at radius 2 is 1.67 bits per heavy atom. The molecular formula is C26H27ClN2O4. The van der Waals surface area contributed by atoms with Crippen molar-refractivity contribution in [1.29, 1.82) is 0 Å². The van der Waals surface area contributed by atoms with Gasteiger partial charge in [0.1, 0.15) is 17.5 Å². The third-order valence-corrected chi connectivity index (χ3v) is 5.50. The maximum atomic E-state index is 13.4. The van der Waals surface area contributed by atoms with Gasteiger partial charge in [-0.2, -0.15) is 0 Å². The number of hydrogen-bond acceptors (Lipinski definition) is 4. The second-order valence-corrected chi connectivity index (χ2v) is 7.82. The highest BCUT2D eigenvalue weighted by Gasteiger charge is 2.30. The Bertz CT molecular complexity index is 1070. The fourth-order valence-corrected chi connectivity index (χ4v) is 3.66. The number of carbonyl (C=O) groups excluding carboxylic acids is 2. The monoisotopic (exact) mass is 466 g/mol. The van der Waals surface area contributed by atoms with Gasteiger partial charge in [0.15, 0.2) is 6.61 Å². The molecule has 1 atom stereocenters. The highest BCUT2D eigenvalue weighted by molar-refractivity contribution is 6.32. The Labute approximate surface area is 199 Å². The van der Waals surface area contributed by atoms with Crippen molar-refractivity contribution in [1.82, 2.24) is 10.2 Å². The Balaban J connectivity index is 1.89. The van der Waals surface area contributed by atoms with Crippen LogP contribution >= 0.6 is 11.6 Å². The molecule has 0 radical (unpaired) electrons. The number of benzene rings is 3. The van der Waals surface area contributed by atoms with E-state index in [9.17, 15) is 9.59 Å². The molecule has 0 spiro atoms. The number of nitrogens with zero attached hydrogens (tertiary/aromatic N) is 1. The lowest BCUT2D eigenvalue weighted by atomic mass is 10.0. The summed E-state index contributed by atoms with van der Waals surface area (Å²) in [7, 11) is 3.15. The van der Waals surface area contributed by atoms with Crippen LogP contribution in [0.4, 0.5) is 0 Å². The lowest BCUT2D eigenvalue weighted by molar-refractivity contribution is -0.142. The van der Waals surface area contributed by atoms with Crippen LogP contribution < -0.4 is 14.8 Å². The van der Waals surface area contributed by atoms with E-state index < -0.39 is 6.04 Å². The van der Waals surface area contributed by atoms with E-state index >= 15 is 0 Å². The SMILES string of the molecule is CNC(=O)[C@@H](Cc1ccccc1)N(Cc1cccc(OC)c1)C(=O)COc1ccccc1Cl. The summed E-state index contributed by atoms with van der Waals surface area (Å²) in [6.07, 6.45) is 0.363. The molecule has 3 rings (SSSR count). The molecule has 3 aromatic rings. The molecule has 0 aromatic heterocycles. The van der Waals surface area contributed by atoms with E-state index in [1.807, 2.05) is 54.6 Å². The Kier molecular flexibility index (Phi) is 8.72. The first kappa shape index (κ1) is 24.1. The topological polar surface area (TPSA) is 67.9 Å². The van der Waals surface area contributed by atoms with Gasteiger partial charge in [-0.3, -0.25) is 9.59 Å². The second kappa shape index (κ2) is 11.9. The number of para-hydroxylation sites is 1. The summed E-state index contributed by atoms with van der Waals surface area (Å²) in [6, 6.07) is 23.2. The van der Waals surface area contributed by atoms with Crippen LogP contribution in [0.25, 0.3) is 0 Å². The highest BCUT2D eigenvalue weighted by atomic mass is 35.5. The number of ether oxygens (including phenoxy) is 2. The first-order valence-electron chi connectivity index (χ1n) is 10.6. The zero-order valence-electron chi connectivity index (χ0n) is 18.7. The van der Waals surface area contributed by atoms with Gasteiger partial charge in [0.25, 0.3) is 5.91 Å². The van der Waals surface area contributed by atoms with Crippen LogP contribution in [0.2, 0.25) is 5.02 Å². The highest BCUT2D eigenvalue weighted by Crippen LogP contribution is 2.24. The van der Waals surface area contributed by atoms with E-state index in [1.54, 1.807) is 38.4 Å². The van der Waals surface area contributed by atoms with Gasteiger partial charge in [0, 0.05) is 20.0 Å². The minimum absolute atomic E-state index is 0.215. The molecule has 172 valence electrons. The molecule has 0 saturated carbocycles. The van der Waals surface area contributed by atoms with E-state index in [-0.39, 0.29) is 25.0 Å². The fraction of sp³-hybridized carbons (Fsp3) is 0.231. The smallest absolute Gasteiger partial charge is 0.261 e. The van der Waals surface area contributed by atoms with Crippen LogP contribution in [0.1, 0.15) is 11.1 Å². The number of halogens is 1. The number of methoxy groups -OCH3 is 1. The Morgan fingerprint density at radius 3 is 2.36 bits per heavy atom. The predicted molar refractivity (Wildman–Crippen MR) is 128 cm³/mol. The van der Waals surface area contributed by atoms with E-state index in [0.717, 1.165) is 11.1 Å². The van der Waals surface area contributed by atoms with Crippen molar-refractivity contribution in [3.8, 4) is 11.5 Å². The third kappa shape index (κ3) is 6.73. The van der Waals surface area contributed by atoms with Crippen LogP contribution in [0, 0.1) is 0 Å². The second-order valence-electron chi connectivity index (χ2n) is 7.41. The predicted octanol–water partition coefficient (Wildman–Crippen LogP) is 4.11. The molecule has 0 aliphatic heterocycles. The van der Waals surface area contributed by atoms with Gasteiger partial charge >= 0.3 is 0 Å². The molecule has 0 aliphatic rings. The average molecular weight is 467 g/mol. The molecule has 6 nitrogen and oxygen atoms in total. The van der Waals surface area contributed by atoms with Crippen LogP contribution in [-0.4, -0.2) is 43.5 Å². The lowest BCUT2D eigenvalue weighted by Crippen LogP contribution is -2.51. The molecule has 3 aromatic carbocycles. The molecule has 0 unspecified atom stereocenters. The zero-order chi connectivity index (χ0) is 23.6. The van der Waals surface area contributed by atoms with Crippen molar-refractivity contribution < 1.29 is 19.1 Å². The van der Waals surface area contributed by atoms with Crippen LogP contribution in [-0.2, 0) is 22.6 Å². The largest absolute Gasteiger partial charge is 0.497 e.